The molecule has 0 fully saturated rings. The molecule has 1 nitrogen and oxygen atoms in total. The minimum atomic E-state index is 0. The molecule has 1 N–H and O–H groups in total. The summed E-state index contributed by atoms with van der Waals surface area (Å²) in [5, 5.41) is 7.46. The second kappa shape index (κ2) is 17.1. The molecule has 0 spiro atoms. The van der Waals surface area contributed by atoms with E-state index in [1.165, 1.54) is 0 Å². The molecule has 0 saturated heterocycles. The van der Waals surface area contributed by atoms with Gasteiger partial charge in [0.25, 0.3) is 0 Å². The third-order valence-corrected chi connectivity index (χ3v) is 0. The van der Waals surface area contributed by atoms with Crippen molar-refractivity contribution in [2.75, 3.05) is 6.61 Å². The molecule has 0 unspecified atom stereocenters. The van der Waals surface area contributed by atoms with Gasteiger partial charge in [-0.15, -0.1) is 0 Å². The van der Waals surface area contributed by atoms with Crippen LogP contribution in [0.2, 0.25) is 0 Å². The zero-order valence-corrected chi connectivity index (χ0v) is 8.62. The number of hydrogen-bond acceptors (Lipinski definition) is 1. The van der Waals surface area contributed by atoms with Crippen molar-refractivity contribution in [1.82, 2.24) is 0 Å². The van der Waals surface area contributed by atoms with E-state index in [1.807, 2.05) is 0 Å². The standard InChI is InChI=1S/C2H5O.W.Y/c1-2-3;;/h3H,1-2H2;;/q-1;;. The summed E-state index contributed by atoms with van der Waals surface area (Å²) in [6, 6.07) is 0. The van der Waals surface area contributed by atoms with Crippen LogP contribution in [0, 0.1) is 6.92 Å². The van der Waals surface area contributed by atoms with Crippen LogP contribution < -0.4 is 0 Å². The Hall–Kier alpha value is 1.75. The molecule has 0 aliphatic heterocycles. The molecule has 1 radical (unpaired) electrons. The molecule has 0 atom stereocenters. The fraction of sp³-hybridized carbons (Fsp3) is 0.500. The van der Waals surface area contributed by atoms with Crippen LogP contribution in [0.25, 0.3) is 0 Å². The summed E-state index contributed by atoms with van der Waals surface area (Å²) in [7, 11) is 0. The van der Waals surface area contributed by atoms with E-state index in [0.717, 1.165) is 0 Å². The molecule has 3 heteroatoms. The largest absolute Gasteiger partial charge is 0.428 e. The summed E-state index contributed by atoms with van der Waals surface area (Å²) < 4.78 is 0. The maximum absolute atomic E-state index is 7.46. The monoisotopic (exact) mass is 318 g/mol. The van der Waals surface area contributed by atoms with Gasteiger partial charge in [-0.3, -0.25) is 0 Å². The fourth-order valence-corrected chi connectivity index (χ4v) is 0. The molecule has 0 aromatic carbocycles. The summed E-state index contributed by atoms with van der Waals surface area (Å²) in [6.07, 6.45) is 0. The Morgan fingerprint density at radius 1 is 1.60 bits per heavy atom. The number of aliphatic hydroxyl groups excluding tert-OH is 1. The van der Waals surface area contributed by atoms with Crippen molar-refractivity contribution in [3.63, 3.8) is 0 Å². The zero-order valence-electron chi connectivity index (χ0n) is 2.85. The van der Waals surface area contributed by atoms with E-state index in [0.29, 0.717) is 0 Å². The van der Waals surface area contributed by atoms with E-state index in [1.54, 1.807) is 0 Å². The van der Waals surface area contributed by atoms with Crippen molar-refractivity contribution >= 4 is 0 Å². The predicted octanol–water partition coefficient (Wildman–Crippen LogP) is -0.192. The Bertz CT molecular complexity index is 9.61. The van der Waals surface area contributed by atoms with Crippen LogP contribution in [-0.4, -0.2) is 11.7 Å². The first-order chi connectivity index (χ1) is 1.41. The Morgan fingerprint density at radius 2 is 1.60 bits per heavy atom. The molecule has 29 valence electrons. The number of hydrogen-bond donors (Lipinski definition) is 1. The van der Waals surface area contributed by atoms with Crippen molar-refractivity contribution in [2.24, 2.45) is 0 Å². The molecule has 0 aliphatic rings. The van der Waals surface area contributed by atoms with E-state index in [4.69, 9.17) is 5.11 Å². The van der Waals surface area contributed by atoms with Crippen LogP contribution in [-0.2, 0) is 53.8 Å². The van der Waals surface area contributed by atoms with Gasteiger partial charge in [0.05, 0.1) is 0 Å². The second-order valence-electron chi connectivity index (χ2n) is 0.224. The van der Waals surface area contributed by atoms with Gasteiger partial charge >= 0.3 is 0 Å². The molecular formula is C2H5OWY-. The maximum atomic E-state index is 7.46. The van der Waals surface area contributed by atoms with Gasteiger partial charge in [-0.25, -0.2) is 0 Å². The van der Waals surface area contributed by atoms with Crippen molar-refractivity contribution in [3.8, 4) is 0 Å². The van der Waals surface area contributed by atoms with Crippen LogP contribution in [0.3, 0.4) is 0 Å². The summed E-state index contributed by atoms with van der Waals surface area (Å²) in [4.78, 5) is 0. The first-order valence-corrected chi connectivity index (χ1v) is 0.816. The summed E-state index contributed by atoms with van der Waals surface area (Å²) in [5.41, 5.74) is 0. The Balaban J connectivity index is -0.0000000200. The van der Waals surface area contributed by atoms with Crippen molar-refractivity contribution < 1.29 is 58.9 Å². The molecule has 0 rings (SSSR count). The molecule has 0 bridgehead atoms. The molecule has 0 amide bonds. The minimum absolute atomic E-state index is 0. The quantitative estimate of drug-likeness (QED) is 0.614. The molecule has 0 aromatic heterocycles. The zero-order chi connectivity index (χ0) is 2.71. The average molecular weight is 318 g/mol. The van der Waals surface area contributed by atoms with E-state index in [2.05, 4.69) is 6.92 Å². The van der Waals surface area contributed by atoms with Crippen molar-refractivity contribution in [3.05, 3.63) is 6.92 Å². The fourth-order valence-electron chi connectivity index (χ4n) is 0. The summed E-state index contributed by atoms with van der Waals surface area (Å²) in [5.74, 6) is 0. The van der Waals surface area contributed by atoms with Crippen LogP contribution >= 0.6 is 0 Å². The SMILES string of the molecule is [CH2-]CO.[W].[Y]. The predicted molar refractivity (Wildman–Crippen MR) is 12.4 cm³/mol. The number of aliphatic hydroxyl groups is 1. The topological polar surface area (TPSA) is 20.2 Å². The van der Waals surface area contributed by atoms with Gasteiger partial charge in [-0.2, -0.15) is 0 Å². The van der Waals surface area contributed by atoms with Crippen molar-refractivity contribution in [1.29, 1.82) is 0 Å². The van der Waals surface area contributed by atoms with Gasteiger partial charge in [0, 0.05) is 53.8 Å². The molecule has 0 heterocycles. The van der Waals surface area contributed by atoms with Crippen LogP contribution in [0.4, 0.5) is 0 Å². The van der Waals surface area contributed by atoms with E-state index in [9.17, 15) is 0 Å². The van der Waals surface area contributed by atoms with Gasteiger partial charge < -0.3 is 12.0 Å². The molecule has 0 saturated carbocycles. The summed E-state index contributed by atoms with van der Waals surface area (Å²) >= 11 is 0. The third-order valence-electron chi connectivity index (χ3n) is 0. The van der Waals surface area contributed by atoms with Gasteiger partial charge in [0.15, 0.2) is 0 Å². The van der Waals surface area contributed by atoms with Gasteiger partial charge in [0.2, 0.25) is 0 Å². The smallest absolute Gasteiger partial charge is 0 e. The Labute approximate surface area is 71.7 Å². The normalized spacial score (nSPS) is 3.60. The molecular weight excluding hydrogens is 313 g/mol. The van der Waals surface area contributed by atoms with Gasteiger partial charge in [0.1, 0.15) is 0 Å². The maximum Gasteiger partial charge on any atom is 0 e. The molecule has 0 aliphatic carbocycles. The second-order valence-corrected chi connectivity index (χ2v) is 0.224. The van der Waals surface area contributed by atoms with Crippen LogP contribution in [0.1, 0.15) is 0 Å². The first kappa shape index (κ1) is 15.9. The Kier molecular flexibility index (Phi) is 54.4. The van der Waals surface area contributed by atoms with E-state index < -0.39 is 0 Å². The van der Waals surface area contributed by atoms with Crippen LogP contribution in [0.15, 0.2) is 0 Å². The minimum Gasteiger partial charge on any atom is -0.428 e. The molecule has 5 heavy (non-hydrogen) atoms. The molecule has 0 aromatic rings. The van der Waals surface area contributed by atoms with E-state index >= 15 is 0 Å². The van der Waals surface area contributed by atoms with Gasteiger partial charge in [-0.1, -0.05) is 6.61 Å². The Morgan fingerprint density at radius 3 is 1.60 bits per heavy atom. The average Bonchev–Trinajstić information content (AvgIpc) is 0.918. The van der Waals surface area contributed by atoms with Crippen LogP contribution in [0.5, 0.6) is 0 Å². The van der Waals surface area contributed by atoms with Crippen molar-refractivity contribution in [2.45, 2.75) is 0 Å². The van der Waals surface area contributed by atoms with Gasteiger partial charge in [-0.05, 0) is 0 Å². The third kappa shape index (κ3) is 26.4. The van der Waals surface area contributed by atoms with E-state index in [-0.39, 0.29) is 60.4 Å². The first-order valence-electron chi connectivity index (χ1n) is 0.816. The summed E-state index contributed by atoms with van der Waals surface area (Å²) in [6.45, 7) is 3.04. The number of rotatable bonds is 0.